The van der Waals surface area contributed by atoms with Crippen molar-refractivity contribution in [3.8, 4) is 11.3 Å². The Morgan fingerprint density at radius 3 is 2.81 bits per heavy atom. The molecule has 0 aliphatic rings. The molecule has 0 fully saturated rings. The molecule has 0 N–H and O–H groups in total. The lowest BCUT2D eigenvalue weighted by molar-refractivity contribution is 0.904. The summed E-state index contributed by atoms with van der Waals surface area (Å²) in [6.45, 7) is 2.12. The Hall–Kier alpha value is -0.450. The quantitative estimate of drug-likeness (QED) is 0.775. The van der Waals surface area contributed by atoms with Crippen molar-refractivity contribution in [3.05, 3.63) is 32.3 Å². The van der Waals surface area contributed by atoms with Crippen LogP contribution in [-0.4, -0.2) is 9.97 Å². The van der Waals surface area contributed by atoms with Crippen LogP contribution in [0.25, 0.3) is 11.3 Å². The Morgan fingerprint density at radius 2 is 2.19 bits per heavy atom. The summed E-state index contributed by atoms with van der Waals surface area (Å²) in [6, 6.07) is 0. The Labute approximate surface area is 112 Å². The standard InChI is InChI=1S/C11H10BrClN2S/c1-2-3-7-10(14-6-15-11(7)13)8-4-16-5-9(8)12/h4-6H,2-3H2,1H3. The number of hydrogen-bond acceptors (Lipinski definition) is 3. The molecule has 5 heteroatoms. The first-order valence-corrected chi connectivity index (χ1v) is 7.06. The van der Waals surface area contributed by atoms with Gasteiger partial charge in [-0.15, -0.1) is 0 Å². The van der Waals surface area contributed by atoms with Gasteiger partial charge < -0.3 is 0 Å². The van der Waals surface area contributed by atoms with E-state index in [4.69, 9.17) is 11.6 Å². The summed E-state index contributed by atoms with van der Waals surface area (Å²) in [7, 11) is 0. The predicted octanol–water partition coefficient (Wildman–Crippen LogP) is 4.57. The van der Waals surface area contributed by atoms with Crippen LogP contribution in [0.15, 0.2) is 21.6 Å². The molecular formula is C11H10BrClN2S. The van der Waals surface area contributed by atoms with Crippen molar-refractivity contribution in [2.45, 2.75) is 19.8 Å². The summed E-state index contributed by atoms with van der Waals surface area (Å²) in [5, 5.41) is 4.67. The zero-order valence-corrected chi connectivity index (χ0v) is 11.9. The summed E-state index contributed by atoms with van der Waals surface area (Å²) < 4.78 is 1.06. The fourth-order valence-corrected chi connectivity index (χ4v) is 3.24. The SMILES string of the molecule is CCCc1c(Cl)ncnc1-c1cscc1Br. The Bertz CT molecular complexity index is 498. The average Bonchev–Trinajstić information content (AvgIpc) is 2.68. The van der Waals surface area contributed by atoms with Gasteiger partial charge in [-0.2, -0.15) is 11.3 Å². The molecule has 2 heterocycles. The highest BCUT2D eigenvalue weighted by Gasteiger charge is 2.13. The molecule has 16 heavy (non-hydrogen) atoms. The van der Waals surface area contributed by atoms with Gasteiger partial charge in [0.05, 0.1) is 5.69 Å². The van der Waals surface area contributed by atoms with Gasteiger partial charge in [-0.05, 0) is 22.4 Å². The summed E-state index contributed by atoms with van der Waals surface area (Å²) >= 11 is 11.3. The highest BCUT2D eigenvalue weighted by Crippen LogP contribution is 2.34. The third-order valence-electron chi connectivity index (χ3n) is 2.26. The molecule has 2 nitrogen and oxygen atoms in total. The molecule has 2 rings (SSSR count). The zero-order chi connectivity index (χ0) is 11.5. The van der Waals surface area contributed by atoms with Crippen LogP contribution in [-0.2, 0) is 6.42 Å². The van der Waals surface area contributed by atoms with Gasteiger partial charge in [-0.25, -0.2) is 9.97 Å². The van der Waals surface area contributed by atoms with E-state index < -0.39 is 0 Å². The molecule has 0 aliphatic heterocycles. The minimum atomic E-state index is 0.560. The molecule has 0 saturated carbocycles. The Kier molecular flexibility index (Phi) is 3.95. The van der Waals surface area contributed by atoms with E-state index in [1.807, 2.05) is 5.38 Å². The van der Waals surface area contributed by atoms with E-state index in [1.165, 1.54) is 6.33 Å². The van der Waals surface area contributed by atoms with Crippen LogP contribution in [0.2, 0.25) is 5.15 Å². The molecule has 0 spiro atoms. The van der Waals surface area contributed by atoms with E-state index in [0.717, 1.165) is 34.1 Å². The second-order valence-corrected chi connectivity index (χ2v) is 5.33. The molecule has 0 saturated heterocycles. The molecule has 84 valence electrons. The van der Waals surface area contributed by atoms with Gasteiger partial charge in [0.1, 0.15) is 11.5 Å². The second kappa shape index (κ2) is 5.25. The molecule has 0 aliphatic carbocycles. The normalized spacial score (nSPS) is 10.7. The molecule has 2 aromatic heterocycles. The van der Waals surface area contributed by atoms with Crippen molar-refractivity contribution < 1.29 is 0 Å². The molecule has 0 radical (unpaired) electrons. The van der Waals surface area contributed by atoms with Crippen LogP contribution < -0.4 is 0 Å². The van der Waals surface area contributed by atoms with Crippen LogP contribution in [0.5, 0.6) is 0 Å². The van der Waals surface area contributed by atoms with Crippen LogP contribution in [0.4, 0.5) is 0 Å². The van der Waals surface area contributed by atoms with Gasteiger partial charge in [0.15, 0.2) is 0 Å². The maximum Gasteiger partial charge on any atom is 0.136 e. The number of thiophene rings is 1. The summed E-state index contributed by atoms with van der Waals surface area (Å²) in [5.41, 5.74) is 3.07. The minimum Gasteiger partial charge on any atom is -0.236 e. The first-order chi connectivity index (χ1) is 7.74. The first kappa shape index (κ1) is 12.0. The average molecular weight is 318 g/mol. The number of aromatic nitrogens is 2. The highest BCUT2D eigenvalue weighted by atomic mass is 79.9. The van der Waals surface area contributed by atoms with Crippen LogP contribution in [0, 0.1) is 0 Å². The van der Waals surface area contributed by atoms with Gasteiger partial charge in [-0.1, -0.05) is 24.9 Å². The first-order valence-electron chi connectivity index (χ1n) is 4.95. The topological polar surface area (TPSA) is 25.8 Å². The zero-order valence-electron chi connectivity index (χ0n) is 8.70. The van der Waals surface area contributed by atoms with Gasteiger partial charge in [0.2, 0.25) is 0 Å². The van der Waals surface area contributed by atoms with Gasteiger partial charge in [0.25, 0.3) is 0 Å². The smallest absolute Gasteiger partial charge is 0.136 e. The molecule has 0 unspecified atom stereocenters. The molecule has 0 aromatic carbocycles. The Balaban J connectivity index is 2.56. The number of hydrogen-bond donors (Lipinski definition) is 0. The van der Waals surface area contributed by atoms with Crippen molar-refractivity contribution in [2.75, 3.05) is 0 Å². The molecule has 0 atom stereocenters. The lowest BCUT2D eigenvalue weighted by Gasteiger charge is -2.07. The van der Waals surface area contributed by atoms with Gasteiger partial charge in [-0.3, -0.25) is 0 Å². The van der Waals surface area contributed by atoms with E-state index in [0.29, 0.717) is 5.15 Å². The Morgan fingerprint density at radius 1 is 1.38 bits per heavy atom. The van der Waals surface area contributed by atoms with Crippen molar-refractivity contribution in [3.63, 3.8) is 0 Å². The molecule has 0 amide bonds. The maximum absolute atomic E-state index is 6.11. The molecule has 2 aromatic rings. The second-order valence-electron chi connectivity index (χ2n) is 3.38. The van der Waals surface area contributed by atoms with Crippen LogP contribution in [0.1, 0.15) is 18.9 Å². The fraction of sp³-hybridized carbons (Fsp3) is 0.273. The molecular weight excluding hydrogens is 308 g/mol. The summed E-state index contributed by atoms with van der Waals surface area (Å²) in [5.74, 6) is 0. The van der Waals surface area contributed by atoms with E-state index >= 15 is 0 Å². The van der Waals surface area contributed by atoms with E-state index in [1.54, 1.807) is 11.3 Å². The van der Waals surface area contributed by atoms with Crippen molar-refractivity contribution in [1.82, 2.24) is 9.97 Å². The summed E-state index contributed by atoms with van der Waals surface area (Å²) in [6.07, 6.45) is 3.44. The monoisotopic (exact) mass is 316 g/mol. The van der Waals surface area contributed by atoms with Crippen molar-refractivity contribution >= 4 is 38.9 Å². The summed E-state index contributed by atoms with van der Waals surface area (Å²) in [4.78, 5) is 8.38. The van der Waals surface area contributed by atoms with Gasteiger partial charge in [0, 0.05) is 26.4 Å². The number of rotatable bonds is 3. The highest BCUT2D eigenvalue weighted by molar-refractivity contribution is 9.10. The number of halogens is 2. The predicted molar refractivity (Wildman–Crippen MR) is 72.1 cm³/mol. The van der Waals surface area contributed by atoms with Gasteiger partial charge >= 0.3 is 0 Å². The number of nitrogens with zero attached hydrogens (tertiary/aromatic N) is 2. The maximum atomic E-state index is 6.11. The van der Waals surface area contributed by atoms with E-state index in [2.05, 4.69) is 38.2 Å². The van der Waals surface area contributed by atoms with E-state index in [-0.39, 0.29) is 0 Å². The van der Waals surface area contributed by atoms with Crippen LogP contribution in [0.3, 0.4) is 0 Å². The lowest BCUT2D eigenvalue weighted by Crippen LogP contribution is -1.96. The van der Waals surface area contributed by atoms with Crippen molar-refractivity contribution in [1.29, 1.82) is 0 Å². The fourth-order valence-electron chi connectivity index (χ4n) is 1.54. The molecule has 0 bridgehead atoms. The third-order valence-corrected chi connectivity index (χ3v) is 4.29. The van der Waals surface area contributed by atoms with Crippen molar-refractivity contribution in [2.24, 2.45) is 0 Å². The van der Waals surface area contributed by atoms with E-state index in [9.17, 15) is 0 Å². The third kappa shape index (κ3) is 2.29. The minimum absolute atomic E-state index is 0.560. The lowest BCUT2D eigenvalue weighted by atomic mass is 10.1. The largest absolute Gasteiger partial charge is 0.236 e. The van der Waals surface area contributed by atoms with Crippen LogP contribution >= 0.6 is 38.9 Å².